The first-order valence-electron chi connectivity index (χ1n) is 8.91. The molecule has 0 aliphatic rings. The van der Waals surface area contributed by atoms with E-state index in [9.17, 15) is 0 Å². The average molecular weight is 286 g/mol. The van der Waals surface area contributed by atoms with Gasteiger partial charge in [0.05, 0.1) is 0 Å². The Morgan fingerprint density at radius 3 is 1.90 bits per heavy atom. The van der Waals surface area contributed by atoms with E-state index in [1.54, 1.807) is 7.11 Å². The molecule has 20 heavy (non-hydrogen) atoms. The fourth-order valence-corrected chi connectivity index (χ4v) is 2.48. The van der Waals surface area contributed by atoms with E-state index in [0.717, 1.165) is 25.7 Å². The Kier molecular flexibility index (Phi) is 16.9. The lowest BCUT2D eigenvalue weighted by Gasteiger charge is -2.14. The molecule has 0 bridgehead atoms. The summed E-state index contributed by atoms with van der Waals surface area (Å²) in [5.74, 6) is 0.788. The van der Waals surface area contributed by atoms with E-state index in [2.05, 4.69) is 13.8 Å². The monoisotopic (exact) mass is 286 g/mol. The molecule has 0 fully saturated rings. The van der Waals surface area contributed by atoms with Gasteiger partial charge >= 0.3 is 0 Å². The average Bonchev–Trinajstić information content (AvgIpc) is 2.48. The predicted octanol–water partition coefficient (Wildman–Crippen LogP) is 5.60. The third kappa shape index (κ3) is 14.3. The second-order valence-electron chi connectivity index (χ2n) is 5.96. The standard InChI is InChI=1S/C18H38O2/c1-4-6-14-18(5-2)17-20-16-13-11-9-7-8-10-12-15-19-3/h18H,4-17H2,1-3H3. The van der Waals surface area contributed by atoms with Gasteiger partial charge in [-0.1, -0.05) is 65.2 Å². The summed E-state index contributed by atoms with van der Waals surface area (Å²) in [6.07, 6.45) is 14.5. The zero-order valence-electron chi connectivity index (χ0n) is 14.3. The second-order valence-corrected chi connectivity index (χ2v) is 5.96. The number of methoxy groups -OCH3 is 1. The maximum absolute atomic E-state index is 5.83. The van der Waals surface area contributed by atoms with Crippen LogP contribution in [0.1, 0.15) is 84.5 Å². The van der Waals surface area contributed by atoms with E-state index in [0.29, 0.717) is 0 Å². The van der Waals surface area contributed by atoms with Crippen LogP contribution >= 0.6 is 0 Å². The normalized spacial score (nSPS) is 12.8. The minimum Gasteiger partial charge on any atom is -0.385 e. The molecule has 0 saturated heterocycles. The highest BCUT2D eigenvalue weighted by Crippen LogP contribution is 2.13. The maximum atomic E-state index is 5.83. The molecule has 0 aliphatic carbocycles. The Labute approximate surface area is 127 Å². The molecule has 122 valence electrons. The van der Waals surface area contributed by atoms with E-state index in [1.807, 2.05) is 0 Å². The van der Waals surface area contributed by atoms with Crippen molar-refractivity contribution < 1.29 is 9.47 Å². The Morgan fingerprint density at radius 1 is 0.750 bits per heavy atom. The lowest BCUT2D eigenvalue weighted by atomic mass is 10.0. The summed E-state index contributed by atoms with van der Waals surface area (Å²) in [7, 11) is 1.78. The van der Waals surface area contributed by atoms with Gasteiger partial charge in [0, 0.05) is 26.9 Å². The molecule has 0 amide bonds. The molecule has 0 radical (unpaired) electrons. The van der Waals surface area contributed by atoms with Gasteiger partial charge in [0.15, 0.2) is 0 Å². The number of unbranched alkanes of at least 4 members (excludes halogenated alkanes) is 7. The van der Waals surface area contributed by atoms with Crippen molar-refractivity contribution in [2.24, 2.45) is 5.92 Å². The topological polar surface area (TPSA) is 18.5 Å². The largest absolute Gasteiger partial charge is 0.385 e. The highest BCUT2D eigenvalue weighted by molar-refractivity contribution is 4.56. The van der Waals surface area contributed by atoms with Gasteiger partial charge in [0.2, 0.25) is 0 Å². The summed E-state index contributed by atoms with van der Waals surface area (Å²) in [4.78, 5) is 0. The van der Waals surface area contributed by atoms with Crippen LogP contribution in [-0.2, 0) is 9.47 Å². The zero-order valence-corrected chi connectivity index (χ0v) is 14.3. The van der Waals surface area contributed by atoms with E-state index in [1.165, 1.54) is 70.6 Å². The van der Waals surface area contributed by atoms with E-state index < -0.39 is 0 Å². The Bertz CT molecular complexity index is 171. The van der Waals surface area contributed by atoms with Crippen LogP contribution in [0.5, 0.6) is 0 Å². The summed E-state index contributed by atoms with van der Waals surface area (Å²) < 4.78 is 10.9. The maximum Gasteiger partial charge on any atom is 0.0494 e. The van der Waals surface area contributed by atoms with Crippen LogP contribution in [0.4, 0.5) is 0 Å². The van der Waals surface area contributed by atoms with Crippen molar-refractivity contribution in [1.29, 1.82) is 0 Å². The molecule has 0 aromatic carbocycles. The molecule has 0 aromatic heterocycles. The molecule has 0 spiro atoms. The van der Waals surface area contributed by atoms with Gasteiger partial charge in [-0.3, -0.25) is 0 Å². The second kappa shape index (κ2) is 17.0. The van der Waals surface area contributed by atoms with Crippen LogP contribution in [0.3, 0.4) is 0 Å². The third-order valence-corrected chi connectivity index (χ3v) is 4.03. The van der Waals surface area contributed by atoms with E-state index in [4.69, 9.17) is 9.47 Å². The summed E-state index contributed by atoms with van der Waals surface area (Å²) in [5.41, 5.74) is 0. The minimum absolute atomic E-state index is 0.788. The summed E-state index contributed by atoms with van der Waals surface area (Å²) in [6, 6.07) is 0. The van der Waals surface area contributed by atoms with Gasteiger partial charge in [0.1, 0.15) is 0 Å². The third-order valence-electron chi connectivity index (χ3n) is 4.03. The van der Waals surface area contributed by atoms with Crippen molar-refractivity contribution >= 4 is 0 Å². The Balaban J connectivity index is 3.15. The Hall–Kier alpha value is -0.0800. The molecule has 0 N–H and O–H groups in total. The van der Waals surface area contributed by atoms with Crippen molar-refractivity contribution in [1.82, 2.24) is 0 Å². The molecule has 0 rings (SSSR count). The summed E-state index contributed by atoms with van der Waals surface area (Å²) >= 11 is 0. The van der Waals surface area contributed by atoms with Gasteiger partial charge in [-0.25, -0.2) is 0 Å². The fourth-order valence-electron chi connectivity index (χ4n) is 2.48. The molecule has 0 heterocycles. The van der Waals surface area contributed by atoms with Crippen molar-refractivity contribution in [2.75, 3.05) is 26.9 Å². The molecule has 0 saturated carbocycles. The summed E-state index contributed by atoms with van der Waals surface area (Å²) in [6.45, 7) is 7.42. The van der Waals surface area contributed by atoms with Gasteiger partial charge in [0.25, 0.3) is 0 Å². The molecule has 2 nitrogen and oxygen atoms in total. The van der Waals surface area contributed by atoms with Crippen LogP contribution < -0.4 is 0 Å². The van der Waals surface area contributed by atoms with Crippen molar-refractivity contribution in [3.05, 3.63) is 0 Å². The molecule has 1 unspecified atom stereocenters. The van der Waals surface area contributed by atoms with E-state index >= 15 is 0 Å². The van der Waals surface area contributed by atoms with Gasteiger partial charge < -0.3 is 9.47 Å². The first-order chi connectivity index (χ1) is 9.85. The van der Waals surface area contributed by atoms with Gasteiger partial charge in [-0.15, -0.1) is 0 Å². The highest BCUT2D eigenvalue weighted by Gasteiger charge is 2.05. The number of ether oxygens (including phenoxy) is 2. The first kappa shape index (κ1) is 19.9. The van der Waals surface area contributed by atoms with Crippen molar-refractivity contribution in [3.8, 4) is 0 Å². The van der Waals surface area contributed by atoms with Crippen LogP contribution in [0.25, 0.3) is 0 Å². The molecule has 2 heteroatoms. The number of rotatable bonds is 16. The number of hydrogen-bond donors (Lipinski definition) is 0. The van der Waals surface area contributed by atoms with Crippen molar-refractivity contribution in [3.63, 3.8) is 0 Å². The predicted molar refractivity (Wildman–Crippen MR) is 88.3 cm³/mol. The van der Waals surface area contributed by atoms with Crippen molar-refractivity contribution in [2.45, 2.75) is 84.5 Å². The summed E-state index contributed by atoms with van der Waals surface area (Å²) in [5, 5.41) is 0. The SMILES string of the molecule is CCCCC(CC)COCCCCCCCCCOC. The molecule has 1 atom stereocenters. The van der Waals surface area contributed by atoms with Crippen LogP contribution in [0, 0.1) is 5.92 Å². The fraction of sp³-hybridized carbons (Fsp3) is 1.00. The highest BCUT2D eigenvalue weighted by atomic mass is 16.5. The zero-order chi connectivity index (χ0) is 14.9. The minimum atomic E-state index is 0.788. The van der Waals surface area contributed by atoms with Gasteiger partial charge in [-0.2, -0.15) is 0 Å². The van der Waals surface area contributed by atoms with Crippen LogP contribution in [0.15, 0.2) is 0 Å². The molecular weight excluding hydrogens is 248 g/mol. The smallest absolute Gasteiger partial charge is 0.0494 e. The molecule has 0 aliphatic heterocycles. The lowest BCUT2D eigenvalue weighted by molar-refractivity contribution is 0.0908. The Morgan fingerprint density at radius 2 is 1.35 bits per heavy atom. The van der Waals surface area contributed by atoms with Crippen LogP contribution in [0.2, 0.25) is 0 Å². The van der Waals surface area contributed by atoms with Crippen LogP contribution in [-0.4, -0.2) is 26.9 Å². The molecule has 0 aromatic rings. The number of hydrogen-bond acceptors (Lipinski definition) is 2. The first-order valence-corrected chi connectivity index (χ1v) is 8.91. The van der Waals surface area contributed by atoms with E-state index in [-0.39, 0.29) is 0 Å². The lowest BCUT2D eigenvalue weighted by Crippen LogP contribution is -2.09. The quantitative estimate of drug-likeness (QED) is 0.344. The molecular formula is C18H38O2. The van der Waals surface area contributed by atoms with Gasteiger partial charge in [-0.05, 0) is 25.2 Å².